The van der Waals surface area contributed by atoms with E-state index in [2.05, 4.69) is 55.9 Å². The van der Waals surface area contributed by atoms with Crippen molar-refractivity contribution in [2.45, 2.75) is 26.9 Å². The van der Waals surface area contributed by atoms with E-state index in [-0.39, 0.29) is 17.4 Å². The molecule has 0 radical (unpaired) electrons. The number of rotatable bonds is 11. The zero-order valence-corrected chi connectivity index (χ0v) is 47.2. The molecule has 6 aromatic carbocycles. The Bertz CT molecular complexity index is 4340. The molecule has 6 heterocycles. The lowest BCUT2D eigenvalue weighted by atomic mass is 10.1. The lowest BCUT2D eigenvalue weighted by Gasteiger charge is -2.12. The van der Waals surface area contributed by atoms with Gasteiger partial charge in [-0.3, -0.25) is 33.9 Å². The number of anilines is 4. The Kier molecular flexibility index (Phi) is 16.5. The van der Waals surface area contributed by atoms with Crippen LogP contribution >= 0.6 is 22.7 Å². The molecule has 3 N–H and O–H groups in total. The van der Waals surface area contributed by atoms with Crippen molar-refractivity contribution in [1.29, 1.82) is 0 Å². The predicted molar refractivity (Wildman–Crippen MR) is 325 cm³/mol. The molecule has 12 rings (SSSR count). The maximum absolute atomic E-state index is 13.1. The number of nitrogens with zero attached hydrogens (tertiary/aromatic N) is 8. The Labute approximate surface area is 486 Å². The number of nitro groups is 1. The number of alkyl halides is 3. The normalized spacial score (nSPS) is 11.1. The van der Waals surface area contributed by atoms with Crippen molar-refractivity contribution in [2.24, 2.45) is 0 Å². The highest BCUT2D eigenvalue weighted by molar-refractivity contribution is 7.21. The minimum atomic E-state index is -4.96. The Morgan fingerprint density at radius 1 is 0.583 bits per heavy atom. The summed E-state index contributed by atoms with van der Waals surface area (Å²) in [4.78, 5) is 68.8. The highest BCUT2D eigenvalue weighted by Crippen LogP contribution is 2.37. The van der Waals surface area contributed by atoms with Gasteiger partial charge in [0.1, 0.15) is 21.9 Å². The van der Waals surface area contributed by atoms with Gasteiger partial charge in [0.15, 0.2) is 4.96 Å². The predicted octanol–water partition coefficient (Wildman–Crippen LogP) is 15.1. The summed E-state index contributed by atoms with van der Waals surface area (Å²) in [7, 11) is 3.95. The lowest BCUT2D eigenvalue weighted by Crippen LogP contribution is -2.15. The number of nitrogens with one attached hydrogen (secondary N) is 3. The van der Waals surface area contributed by atoms with Crippen LogP contribution in [0.15, 0.2) is 195 Å². The molecule has 0 unspecified atom stereocenters. The summed E-state index contributed by atoms with van der Waals surface area (Å²) in [6.07, 6.45) is 4.79. The fourth-order valence-electron chi connectivity index (χ4n) is 8.67. The number of amides is 3. The monoisotopic (exact) mass is 1160 g/mol. The molecular formula is C63H50F3N11O5S2. The van der Waals surface area contributed by atoms with Crippen LogP contribution in [0.2, 0.25) is 0 Å². The molecule has 0 aliphatic carbocycles. The van der Waals surface area contributed by atoms with Gasteiger partial charge in [-0.1, -0.05) is 42.5 Å². The van der Waals surface area contributed by atoms with Gasteiger partial charge in [0.2, 0.25) is 0 Å². The van der Waals surface area contributed by atoms with E-state index in [1.807, 2.05) is 156 Å². The maximum Gasteiger partial charge on any atom is 0.423 e. The molecule has 0 saturated carbocycles. The van der Waals surface area contributed by atoms with E-state index in [4.69, 9.17) is 0 Å². The van der Waals surface area contributed by atoms with Crippen LogP contribution in [0.5, 0.6) is 0 Å². The van der Waals surface area contributed by atoms with Gasteiger partial charge in [0.25, 0.3) is 23.4 Å². The zero-order valence-electron chi connectivity index (χ0n) is 45.5. The smallest absolute Gasteiger partial charge is 0.378 e. The number of fused-ring (bicyclic) bond motifs is 3. The van der Waals surface area contributed by atoms with Crippen molar-refractivity contribution < 1.29 is 32.5 Å². The van der Waals surface area contributed by atoms with Crippen LogP contribution in [0.3, 0.4) is 0 Å². The number of aryl methyl sites for hydroxylation is 3. The summed E-state index contributed by atoms with van der Waals surface area (Å²) in [6.45, 7) is 6.13. The maximum atomic E-state index is 13.1. The van der Waals surface area contributed by atoms with Gasteiger partial charge < -0.3 is 25.3 Å². The van der Waals surface area contributed by atoms with Gasteiger partial charge >= 0.3 is 6.18 Å². The van der Waals surface area contributed by atoms with Crippen molar-refractivity contribution in [3.8, 4) is 33.1 Å². The van der Waals surface area contributed by atoms with E-state index >= 15 is 0 Å². The van der Waals surface area contributed by atoms with Gasteiger partial charge in [-0.15, -0.1) is 22.7 Å². The van der Waals surface area contributed by atoms with Gasteiger partial charge in [-0.05, 0) is 147 Å². The van der Waals surface area contributed by atoms with Crippen LogP contribution in [0.1, 0.15) is 52.8 Å². The number of benzene rings is 6. The third-order valence-electron chi connectivity index (χ3n) is 13.0. The molecule has 0 aliphatic rings. The summed E-state index contributed by atoms with van der Waals surface area (Å²) in [6, 6.07) is 47.0. The van der Waals surface area contributed by atoms with Crippen molar-refractivity contribution >= 4 is 89.7 Å². The van der Waals surface area contributed by atoms with Gasteiger partial charge in [-0.25, -0.2) is 15.0 Å². The summed E-state index contributed by atoms with van der Waals surface area (Å²) >= 11 is 3.20. The highest BCUT2D eigenvalue weighted by Gasteiger charge is 2.39. The fraction of sp³-hybridized carbons (Fsp3) is 0.0952. The molecule has 12 aromatic rings. The minimum absolute atomic E-state index is 0.119. The van der Waals surface area contributed by atoms with Crippen LogP contribution in [0.25, 0.3) is 53.9 Å². The van der Waals surface area contributed by atoms with Crippen molar-refractivity contribution in [2.75, 3.05) is 34.9 Å². The molecule has 84 heavy (non-hydrogen) atoms. The molecule has 0 fully saturated rings. The number of pyridine rings is 2. The number of thiazole rings is 2. The summed E-state index contributed by atoms with van der Waals surface area (Å²) in [5.41, 5.74) is 9.79. The fourth-order valence-corrected chi connectivity index (χ4v) is 10.5. The number of imidazole rings is 2. The first kappa shape index (κ1) is 56.9. The molecule has 420 valence electrons. The molecular weight excluding hydrogens is 1110 g/mol. The molecule has 6 aromatic heterocycles. The Balaban J connectivity index is 0.000000142. The van der Waals surface area contributed by atoms with Crippen LogP contribution in [0, 0.1) is 30.9 Å². The van der Waals surface area contributed by atoms with Gasteiger partial charge in [0.05, 0.1) is 26.5 Å². The molecule has 0 aliphatic heterocycles. The van der Waals surface area contributed by atoms with Crippen LogP contribution in [0.4, 0.5) is 41.6 Å². The molecule has 0 bridgehead atoms. The van der Waals surface area contributed by atoms with Crippen molar-refractivity contribution in [3.63, 3.8) is 0 Å². The number of nitro benzene ring substituents is 1. The summed E-state index contributed by atoms with van der Waals surface area (Å²) in [5, 5.41) is 20.0. The number of carbonyl (C=O) groups is 3. The van der Waals surface area contributed by atoms with Crippen LogP contribution < -0.4 is 20.9 Å². The molecule has 0 atom stereocenters. The third kappa shape index (κ3) is 13.5. The minimum Gasteiger partial charge on any atom is -0.378 e. The average molecular weight is 1160 g/mol. The topological polar surface area (TPSA) is 194 Å². The van der Waals surface area contributed by atoms with Crippen molar-refractivity contribution in [1.82, 2.24) is 28.7 Å². The number of carbonyl (C=O) groups excluding carboxylic acids is 3. The summed E-state index contributed by atoms with van der Waals surface area (Å²) in [5.74, 6) is -1.16. The molecule has 16 nitrogen and oxygen atoms in total. The molecule has 0 spiro atoms. The van der Waals surface area contributed by atoms with E-state index in [0.29, 0.717) is 29.1 Å². The molecule has 3 amide bonds. The van der Waals surface area contributed by atoms with E-state index < -0.39 is 28.3 Å². The lowest BCUT2D eigenvalue weighted by molar-refractivity contribution is -0.388. The molecule has 21 heteroatoms. The summed E-state index contributed by atoms with van der Waals surface area (Å²) < 4.78 is 44.5. The van der Waals surface area contributed by atoms with E-state index in [1.54, 1.807) is 60.0 Å². The van der Waals surface area contributed by atoms with E-state index in [1.165, 1.54) is 21.8 Å². The van der Waals surface area contributed by atoms with Crippen molar-refractivity contribution in [3.05, 3.63) is 243 Å². The quantitative estimate of drug-likeness (QED) is 0.0828. The van der Waals surface area contributed by atoms with E-state index in [9.17, 15) is 37.7 Å². The second kappa shape index (κ2) is 24.4. The van der Waals surface area contributed by atoms with Crippen LogP contribution in [-0.4, -0.2) is 65.5 Å². The number of hydrogen-bond acceptors (Lipinski definition) is 12. The number of hydrogen-bond donors (Lipinski definition) is 3. The second-order valence-electron chi connectivity index (χ2n) is 19.5. The van der Waals surface area contributed by atoms with Gasteiger partial charge in [0, 0.05) is 107 Å². The SMILES string of the molecule is Cc1ccc2nc(-c3ccc(NC(=O)c4ccc([N+](=O)[O-])c(C(F)(F)F)c4)cc3)sc2c1.Cc1ccc2nc(-c3ccc(NC(=O)c4ccccn4)cc3)cn2c1.Cc1cn2cc(-c3ccc(NC(=O)c4ccc(N(C)C)cc4)cc3)nc2s1. The number of halogens is 3. The standard InChI is InChI=1S/C22H14F3N3O3S.C21H20N4OS.C20H16N4O/c1-12-2-8-17-19(10-12)32-21(27-17)13-3-6-15(7-4-13)26-20(29)14-5-9-18(28(30)31)16(11-14)22(23,24)25;1-14-12-25-13-19(23-21(25)27-14)15-4-8-17(9-5-15)22-20(26)16-6-10-18(11-7-16)24(2)3;1-14-5-10-19-23-18(13-24(19)12-14)15-6-8-16(9-7-15)22-20(25)17-4-2-3-11-21-17/h2-11H,1H3,(H,26,29);4-13H,1-3H3,(H,22,26);2-13H,1H3,(H,22,25). The third-order valence-corrected chi connectivity index (χ3v) is 15.0. The first-order valence-electron chi connectivity index (χ1n) is 25.9. The number of aromatic nitrogens is 6. The zero-order chi connectivity index (χ0) is 59.2. The van der Waals surface area contributed by atoms with Crippen LogP contribution in [-0.2, 0) is 6.18 Å². The first-order chi connectivity index (χ1) is 40.3. The first-order valence-corrected chi connectivity index (χ1v) is 27.5. The Morgan fingerprint density at radius 2 is 1.17 bits per heavy atom. The Hall–Kier alpha value is -10.4. The largest absolute Gasteiger partial charge is 0.423 e. The van der Waals surface area contributed by atoms with E-state index in [0.717, 1.165) is 82.6 Å². The average Bonchev–Trinajstić information content (AvgIpc) is 4.21. The highest BCUT2D eigenvalue weighted by atomic mass is 32.1. The second-order valence-corrected chi connectivity index (χ2v) is 21.7. The Morgan fingerprint density at radius 3 is 1.76 bits per heavy atom. The van der Waals surface area contributed by atoms with Gasteiger partial charge in [-0.2, -0.15) is 13.2 Å². The molecule has 0 saturated heterocycles.